The van der Waals surface area contributed by atoms with E-state index < -0.39 is 0 Å². The molecule has 2 amide bonds. The number of hydrogen-bond acceptors (Lipinski definition) is 6. The van der Waals surface area contributed by atoms with Crippen molar-refractivity contribution in [1.82, 2.24) is 20.1 Å². The van der Waals surface area contributed by atoms with Gasteiger partial charge in [-0.05, 0) is 38.1 Å². The minimum Gasteiger partial charge on any atom is -0.484 e. The highest BCUT2D eigenvalue weighted by molar-refractivity contribution is 5.80. The molecular formula is C25H33N5O3. The van der Waals surface area contributed by atoms with Crippen molar-refractivity contribution >= 4 is 17.6 Å². The van der Waals surface area contributed by atoms with E-state index in [9.17, 15) is 9.59 Å². The summed E-state index contributed by atoms with van der Waals surface area (Å²) in [7, 11) is 2.13. The van der Waals surface area contributed by atoms with E-state index in [4.69, 9.17) is 4.74 Å². The van der Waals surface area contributed by atoms with Crippen LogP contribution in [0.5, 0.6) is 5.75 Å². The molecule has 176 valence electrons. The first-order chi connectivity index (χ1) is 16.1. The first-order valence-corrected chi connectivity index (χ1v) is 11.7. The minimum atomic E-state index is -0.0761. The first kappa shape index (κ1) is 23.0. The second kappa shape index (κ2) is 11.1. The van der Waals surface area contributed by atoms with Crippen LogP contribution in [0.2, 0.25) is 0 Å². The van der Waals surface area contributed by atoms with Crippen molar-refractivity contribution < 1.29 is 14.3 Å². The minimum absolute atomic E-state index is 0.0248. The number of rotatable bonds is 7. The number of likely N-dealkylation sites (tertiary alicyclic amines) is 1. The van der Waals surface area contributed by atoms with E-state index in [2.05, 4.69) is 27.1 Å². The quantitative estimate of drug-likeness (QED) is 0.691. The van der Waals surface area contributed by atoms with Gasteiger partial charge in [0, 0.05) is 63.5 Å². The standard InChI is InChI=1S/C25H33N5O3/c1-28-14-16-30(17-15-28)24-21(6-5-11-26-24)18-27-25(32)20-9-12-29(13-10-20)23(31)19-33-22-7-3-2-4-8-22/h2-8,11,20H,9-10,12-19H2,1H3,(H,27,32). The molecule has 1 aromatic carbocycles. The van der Waals surface area contributed by atoms with Gasteiger partial charge in [-0.2, -0.15) is 0 Å². The van der Waals surface area contributed by atoms with Gasteiger partial charge in [-0.25, -0.2) is 4.98 Å². The van der Waals surface area contributed by atoms with Gasteiger partial charge in [0.1, 0.15) is 11.6 Å². The van der Waals surface area contributed by atoms with E-state index in [0.717, 1.165) is 37.6 Å². The Bertz CT molecular complexity index is 923. The number of ether oxygens (including phenoxy) is 1. The molecule has 0 bridgehead atoms. The van der Waals surface area contributed by atoms with Gasteiger partial charge in [0.15, 0.2) is 6.61 Å². The Kier molecular flexibility index (Phi) is 7.78. The third-order valence-electron chi connectivity index (χ3n) is 6.45. The van der Waals surface area contributed by atoms with Gasteiger partial charge in [0.25, 0.3) is 5.91 Å². The summed E-state index contributed by atoms with van der Waals surface area (Å²) in [4.78, 5) is 36.2. The van der Waals surface area contributed by atoms with E-state index in [0.29, 0.717) is 38.2 Å². The summed E-state index contributed by atoms with van der Waals surface area (Å²) in [5.41, 5.74) is 1.04. The molecule has 2 aromatic rings. The lowest BCUT2D eigenvalue weighted by atomic mass is 9.95. The average Bonchev–Trinajstić information content (AvgIpc) is 2.87. The fourth-order valence-corrected chi connectivity index (χ4v) is 4.34. The molecule has 0 radical (unpaired) electrons. The molecule has 1 N–H and O–H groups in total. The van der Waals surface area contributed by atoms with Gasteiger partial charge in [-0.15, -0.1) is 0 Å². The fraction of sp³-hybridized carbons (Fsp3) is 0.480. The Hall–Kier alpha value is -3.13. The summed E-state index contributed by atoms with van der Waals surface area (Å²) >= 11 is 0. The molecular weight excluding hydrogens is 418 g/mol. The number of piperazine rings is 1. The topological polar surface area (TPSA) is 78.0 Å². The summed E-state index contributed by atoms with van der Waals surface area (Å²) in [5, 5.41) is 3.10. The molecule has 4 rings (SSSR count). The van der Waals surface area contributed by atoms with Crippen LogP contribution in [-0.4, -0.2) is 79.5 Å². The third-order valence-corrected chi connectivity index (χ3v) is 6.45. The zero-order valence-corrected chi connectivity index (χ0v) is 19.3. The first-order valence-electron chi connectivity index (χ1n) is 11.7. The number of piperidine rings is 1. The zero-order chi connectivity index (χ0) is 23.0. The molecule has 2 aliphatic heterocycles. The summed E-state index contributed by atoms with van der Waals surface area (Å²) in [6.07, 6.45) is 3.15. The number of nitrogens with zero attached hydrogens (tertiary/aromatic N) is 4. The number of benzene rings is 1. The average molecular weight is 452 g/mol. The highest BCUT2D eigenvalue weighted by atomic mass is 16.5. The fourth-order valence-electron chi connectivity index (χ4n) is 4.34. The summed E-state index contributed by atoms with van der Waals surface area (Å²) in [6.45, 7) is 5.55. The molecule has 0 aliphatic carbocycles. The zero-order valence-electron chi connectivity index (χ0n) is 19.3. The van der Waals surface area contributed by atoms with Crippen molar-refractivity contribution in [2.45, 2.75) is 19.4 Å². The van der Waals surface area contributed by atoms with Crippen molar-refractivity contribution in [2.24, 2.45) is 5.92 Å². The molecule has 0 saturated carbocycles. The van der Waals surface area contributed by atoms with E-state index in [1.165, 1.54) is 0 Å². The number of likely N-dealkylation sites (N-methyl/N-ethyl adjacent to an activating group) is 1. The van der Waals surface area contributed by atoms with Gasteiger partial charge in [-0.3, -0.25) is 9.59 Å². The number of nitrogens with one attached hydrogen (secondary N) is 1. The van der Waals surface area contributed by atoms with Gasteiger partial charge in [0.2, 0.25) is 5.91 Å². The normalized spacial score (nSPS) is 17.6. The molecule has 0 atom stereocenters. The SMILES string of the molecule is CN1CCN(c2ncccc2CNC(=O)C2CCN(C(=O)COc3ccccc3)CC2)CC1. The number of anilines is 1. The Balaban J connectivity index is 1.23. The molecule has 0 spiro atoms. The Morgan fingerprint density at radius 3 is 2.45 bits per heavy atom. The summed E-state index contributed by atoms with van der Waals surface area (Å²) < 4.78 is 5.57. The Labute approximate surface area is 195 Å². The maximum Gasteiger partial charge on any atom is 0.260 e. The number of aromatic nitrogens is 1. The van der Waals surface area contributed by atoms with Gasteiger partial charge in [0.05, 0.1) is 0 Å². The van der Waals surface area contributed by atoms with Crippen LogP contribution in [0.1, 0.15) is 18.4 Å². The molecule has 3 heterocycles. The van der Waals surface area contributed by atoms with Crippen LogP contribution in [0, 0.1) is 5.92 Å². The van der Waals surface area contributed by atoms with Crippen LogP contribution in [0.3, 0.4) is 0 Å². The third kappa shape index (κ3) is 6.22. The van der Waals surface area contributed by atoms with Crippen LogP contribution in [-0.2, 0) is 16.1 Å². The molecule has 8 nitrogen and oxygen atoms in total. The Morgan fingerprint density at radius 1 is 1.00 bits per heavy atom. The molecule has 2 aliphatic rings. The van der Waals surface area contributed by atoms with Gasteiger partial charge >= 0.3 is 0 Å². The van der Waals surface area contributed by atoms with Crippen LogP contribution in [0.25, 0.3) is 0 Å². The van der Waals surface area contributed by atoms with Gasteiger partial charge in [-0.1, -0.05) is 24.3 Å². The van der Waals surface area contributed by atoms with E-state index in [-0.39, 0.29) is 24.3 Å². The van der Waals surface area contributed by atoms with Crippen molar-refractivity contribution in [3.05, 3.63) is 54.2 Å². The summed E-state index contributed by atoms with van der Waals surface area (Å²) in [5.74, 6) is 1.59. The molecule has 0 unspecified atom stereocenters. The molecule has 2 saturated heterocycles. The lowest BCUT2D eigenvalue weighted by Gasteiger charge is -2.34. The molecule has 1 aromatic heterocycles. The van der Waals surface area contributed by atoms with Crippen molar-refractivity contribution in [3.63, 3.8) is 0 Å². The lowest BCUT2D eigenvalue weighted by molar-refractivity contribution is -0.137. The van der Waals surface area contributed by atoms with Crippen molar-refractivity contribution in [2.75, 3.05) is 57.8 Å². The highest BCUT2D eigenvalue weighted by Gasteiger charge is 2.27. The van der Waals surface area contributed by atoms with Crippen molar-refractivity contribution in [3.8, 4) is 5.75 Å². The number of pyridine rings is 1. The monoisotopic (exact) mass is 451 g/mol. The number of carbonyl (C=O) groups is 2. The van der Waals surface area contributed by atoms with E-state index >= 15 is 0 Å². The van der Waals surface area contributed by atoms with E-state index in [1.807, 2.05) is 48.7 Å². The Morgan fingerprint density at radius 2 is 1.73 bits per heavy atom. The maximum atomic E-state index is 12.8. The van der Waals surface area contributed by atoms with Crippen LogP contribution in [0.4, 0.5) is 5.82 Å². The highest BCUT2D eigenvalue weighted by Crippen LogP contribution is 2.21. The molecule has 33 heavy (non-hydrogen) atoms. The maximum absolute atomic E-state index is 12.8. The van der Waals surface area contributed by atoms with Crippen LogP contribution in [0.15, 0.2) is 48.7 Å². The smallest absolute Gasteiger partial charge is 0.260 e. The van der Waals surface area contributed by atoms with Crippen LogP contribution >= 0.6 is 0 Å². The second-order valence-electron chi connectivity index (χ2n) is 8.75. The van der Waals surface area contributed by atoms with Crippen LogP contribution < -0.4 is 15.0 Å². The van der Waals surface area contributed by atoms with E-state index in [1.54, 1.807) is 4.90 Å². The number of carbonyl (C=O) groups excluding carboxylic acids is 2. The summed E-state index contributed by atoms with van der Waals surface area (Å²) in [6, 6.07) is 13.3. The lowest BCUT2D eigenvalue weighted by Crippen LogP contribution is -2.45. The number of amides is 2. The molecule has 8 heteroatoms. The largest absolute Gasteiger partial charge is 0.484 e. The number of hydrogen-bond donors (Lipinski definition) is 1. The van der Waals surface area contributed by atoms with Gasteiger partial charge < -0.3 is 24.8 Å². The second-order valence-corrected chi connectivity index (χ2v) is 8.75. The predicted molar refractivity (Wildman–Crippen MR) is 127 cm³/mol. The number of para-hydroxylation sites is 1. The molecule has 2 fully saturated rings. The predicted octanol–water partition coefficient (Wildman–Crippen LogP) is 1.77. The van der Waals surface area contributed by atoms with Crippen molar-refractivity contribution in [1.29, 1.82) is 0 Å².